The zero-order chi connectivity index (χ0) is 15.0. The molecule has 3 atom stereocenters. The lowest BCUT2D eigenvalue weighted by Gasteiger charge is -2.37. The normalized spacial score (nSPS) is 33.0. The fourth-order valence-electron chi connectivity index (χ4n) is 3.80. The lowest BCUT2D eigenvalue weighted by molar-refractivity contribution is 0.144. The third-order valence-corrected chi connectivity index (χ3v) is 5.56. The van der Waals surface area contributed by atoms with Gasteiger partial charge in [0.1, 0.15) is 0 Å². The molecule has 0 bridgehead atoms. The third-order valence-electron chi connectivity index (χ3n) is 5.56. The molecule has 1 saturated heterocycles. The van der Waals surface area contributed by atoms with Crippen LogP contribution in [0.4, 0.5) is 0 Å². The van der Waals surface area contributed by atoms with Gasteiger partial charge in [-0.05, 0) is 50.9 Å². The zero-order valence-corrected chi connectivity index (χ0v) is 14.2. The van der Waals surface area contributed by atoms with E-state index in [2.05, 4.69) is 44.8 Å². The summed E-state index contributed by atoms with van der Waals surface area (Å²) in [7, 11) is 0. The Bertz CT molecular complexity index is 319. The van der Waals surface area contributed by atoms with Crippen LogP contribution in [0.15, 0.2) is 0 Å². The molecule has 20 heavy (non-hydrogen) atoms. The minimum absolute atomic E-state index is 0.230. The molecule has 0 radical (unpaired) electrons. The molecule has 3 N–H and O–H groups in total. The van der Waals surface area contributed by atoms with Crippen molar-refractivity contribution < 1.29 is 0 Å². The quantitative estimate of drug-likeness (QED) is 0.832. The van der Waals surface area contributed by atoms with Gasteiger partial charge in [-0.3, -0.25) is 4.90 Å². The van der Waals surface area contributed by atoms with E-state index < -0.39 is 0 Å². The minimum Gasteiger partial charge on any atom is -0.326 e. The highest BCUT2D eigenvalue weighted by Crippen LogP contribution is 2.39. The summed E-state index contributed by atoms with van der Waals surface area (Å²) in [5, 5.41) is 3.83. The zero-order valence-electron chi connectivity index (χ0n) is 14.2. The third kappa shape index (κ3) is 3.96. The largest absolute Gasteiger partial charge is 0.326 e. The summed E-state index contributed by atoms with van der Waals surface area (Å²) in [5.41, 5.74) is 6.74. The van der Waals surface area contributed by atoms with Crippen LogP contribution in [0.2, 0.25) is 0 Å². The van der Waals surface area contributed by atoms with Crippen molar-refractivity contribution >= 4 is 0 Å². The van der Waals surface area contributed by atoms with E-state index in [1.54, 1.807) is 0 Å². The Kier molecular flexibility index (Phi) is 4.83. The van der Waals surface area contributed by atoms with E-state index in [-0.39, 0.29) is 5.54 Å². The lowest BCUT2D eigenvalue weighted by Crippen LogP contribution is -2.51. The van der Waals surface area contributed by atoms with E-state index in [0.29, 0.717) is 11.5 Å². The van der Waals surface area contributed by atoms with Crippen molar-refractivity contribution in [2.45, 2.75) is 77.9 Å². The summed E-state index contributed by atoms with van der Waals surface area (Å²) in [4.78, 5) is 2.56. The second kappa shape index (κ2) is 5.94. The number of hydrogen-bond donors (Lipinski definition) is 2. The predicted molar refractivity (Wildman–Crippen MR) is 86.8 cm³/mol. The monoisotopic (exact) mass is 281 g/mol. The fraction of sp³-hybridized carbons (Fsp3) is 1.00. The van der Waals surface area contributed by atoms with Gasteiger partial charge >= 0.3 is 0 Å². The Morgan fingerprint density at radius 2 is 1.80 bits per heavy atom. The maximum Gasteiger partial charge on any atom is 0.0278 e. The summed E-state index contributed by atoms with van der Waals surface area (Å²) < 4.78 is 0. The Hall–Kier alpha value is -0.120. The molecule has 3 nitrogen and oxygen atoms in total. The highest BCUT2D eigenvalue weighted by atomic mass is 15.2. The first-order valence-corrected chi connectivity index (χ1v) is 8.42. The van der Waals surface area contributed by atoms with Crippen molar-refractivity contribution in [2.24, 2.45) is 17.1 Å². The SMILES string of the molecule is CC(C)(C)C1CC[C@@H](NCC(C)(C)N2CCC(N)C2)C1. The molecule has 0 aromatic rings. The van der Waals surface area contributed by atoms with Crippen LogP contribution in [0.1, 0.15) is 60.3 Å². The van der Waals surface area contributed by atoms with Crippen molar-refractivity contribution in [1.29, 1.82) is 0 Å². The van der Waals surface area contributed by atoms with Crippen LogP contribution >= 0.6 is 0 Å². The Balaban J connectivity index is 1.78. The molecule has 2 unspecified atom stereocenters. The van der Waals surface area contributed by atoms with Crippen molar-refractivity contribution in [3.05, 3.63) is 0 Å². The molecule has 2 rings (SSSR count). The van der Waals surface area contributed by atoms with E-state index in [1.807, 2.05) is 0 Å². The molecule has 2 aliphatic rings. The molecule has 0 aromatic carbocycles. The molecule has 1 aliphatic heterocycles. The first kappa shape index (κ1) is 16.3. The number of likely N-dealkylation sites (tertiary alicyclic amines) is 1. The average Bonchev–Trinajstić information content (AvgIpc) is 2.94. The molecule has 118 valence electrons. The molecular weight excluding hydrogens is 246 g/mol. The van der Waals surface area contributed by atoms with Crippen LogP contribution in [0.25, 0.3) is 0 Å². The average molecular weight is 281 g/mol. The number of nitrogens with two attached hydrogens (primary N) is 1. The van der Waals surface area contributed by atoms with E-state index in [0.717, 1.165) is 38.0 Å². The smallest absolute Gasteiger partial charge is 0.0278 e. The van der Waals surface area contributed by atoms with Gasteiger partial charge < -0.3 is 11.1 Å². The maximum atomic E-state index is 6.04. The van der Waals surface area contributed by atoms with Crippen LogP contribution in [0, 0.1) is 11.3 Å². The standard InChI is InChI=1S/C17H35N3/c1-16(2,3)13-6-7-15(10-13)19-12-17(4,5)20-9-8-14(18)11-20/h13-15,19H,6-12,18H2,1-5H3/t13?,14?,15-/m1/s1. The van der Waals surface area contributed by atoms with Crippen molar-refractivity contribution in [3.63, 3.8) is 0 Å². The molecule has 0 amide bonds. The van der Waals surface area contributed by atoms with Gasteiger partial charge in [-0.1, -0.05) is 20.8 Å². The van der Waals surface area contributed by atoms with Crippen LogP contribution in [0.3, 0.4) is 0 Å². The Morgan fingerprint density at radius 3 is 2.30 bits per heavy atom. The summed E-state index contributed by atoms with van der Waals surface area (Å²) in [5.74, 6) is 0.878. The van der Waals surface area contributed by atoms with Crippen LogP contribution in [0.5, 0.6) is 0 Å². The van der Waals surface area contributed by atoms with E-state index in [9.17, 15) is 0 Å². The lowest BCUT2D eigenvalue weighted by atomic mass is 9.80. The van der Waals surface area contributed by atoms with Gasteiger partial charge in [0.15, 0.2) is 0 Å². The Morgan fingerprint density at radius 1 is 1.10 bits per heavy atom. The van der Waals surface area contributed by atoms with Crippen molar-refractivity contribution in [3.8, 4) is 0 Å². The van der Waals surface area contributed by atoms with Gasteiger partial charge in [0.05, 0.1) is 0 Å². The van der Waals surface area contributed by atoms with Gasteiger partial charge in [-0.15, -0.1) is 0 Å². The second-order valence-electron chi connectivity index (χ2n) is 8.76. The first-order valence-electron chi connectivity index (χ1n) is 8.42. The molecule has 1 heterocycles. The van der Waals surface area contributed by atoms with Crippen LogP contribution < -0.4 is 11.1 Å². The van der Waals surface area contributed by atoms with Crippen molar-refractivity contribution in [1.82, 2.24) is 10.2 Å². The van der Waals surface area contributed by atoms with E-state index >= 15 is 0 Å². The van der Waals surface area contributed by atoms with Gasteiger partial charge in [0.2, 0.25) is 0 Å². The molecule has 0 spiro atoms. The van der Waals surface area contributed by atoms with Crippen LogP contribution in [-0.2, 0) is 0 Å². The predicted octanol–water partition coefficient (Wildman–Crippen LogP) is 2.60. The number of hydrogen-bond acceptors (Lipinski definition) is 3. The topological polar surface area (TPSA) is 41.3 Å². The summed E-state index contributed by atoms with van der Waals surface area (Å²) in [6.07, 6.45) is 5.23. The summed E-state index contributed by atoms with van der Waals surface area (Å²) in [6, 6.07) is 1.10. The summed E-state index contributed by atoms with van der Waals surface area (Å²) in [6.45, 7) is 15.2. The van der Waals surface area contributed by atoms with E-state index in [4.69, 9.17) is 5.73 Å². The molecule has 1 saturated carbocycles. The van der Waals surface area contributed by atoms with E-state index in [1.165, 1.54) is 19.3 Å². The highest BCUT2D eigenvalue weighted by molar-refractivity contribution is 4.93. The second-order valence-corrected chi connectivity index (χ2v) is 8.76. The van der Waals surface area contributed by atoms with Crippen molar-refractivity contribution in [2.75, 3.05) is 19.6 Å². The molecule has 3 heteroatoms. The number of nitrogens with zero attached hydrogens (tertiary/aromatic N) is 1. The maximum absolute atomic E-state index is 6.04. The molecule has 1 aliphatic carbocycles. The fourth-order valence-corrected chi connectivity index (χ4v) is 3.80. The Labute approximate surface area is 125 Å². The summed E-state index contributed by atoms with van der Waals surface area (Å²) >= 11 is 0. The molecule has 0 aromatic heterocycles. The highest BCUT2D eigenvalue weighted by Gasteiger charge is 2.35. The van der Waals surface area contributed by atoms with Gasteiger partial charge in [0, 0.05) is 37.3 Å². The molecule has 2 fully saturated rings. The number of rotatable bonds is 4. The van der Waals surface area contributed by atoms with Crippen LogP contribution in [-0.4, -0.2) is 42.2 Å². The first-order chi connectivity index (χ1) is 9.18. The molecular formula is C17H35N3. The number of nitrogens with one attached hydrogen (secondary N) is 1. The van der Waals surface area contributed by atoms with Gasteiger partial charge in [-0.25, -0.2) is 0 Å². The minimum atomic E-state index is 0.230. The van der Waals surface area contributed by atoms with Gasteiger partial charge in [0.25, 0.3) is 0 Å². The van der Waals surface area contributed by atoms with Gasteiger partial charge in [-0.2, -0.15) is 0 Å².